The average molecular weight is 234 g/mol. The van der Waals surface area contributed by atoms with Crippen LogP contribution in [0.3, 0.4) is 0 Å². The van der Waals surface area contributed by atoms with Crippen molar-refractivity contribution in [2.45, 2.75) is 6.54 Å². The highest BCUT2D eigenvalue weighted by Crippen LogP contribution is 2.18. The Labute approximate surface area is 96.5 Å². The summed E-state index contributed by atoms with van der Waals surface area (Å²) in [7, 11) is 0. The predicted molar refractivity (Wildman–Crippen MR) is 62.3 cm³/mol. The molecule has 82 valence electrons. The quantitative estimate of drug-likeness (QED) is 0.824. The van der Waals surface area contributed by atoms with Crippen LogP contribution in [0.4, 0.5) is 0 Å². The lowest BCUT2D eigenvalue weighted by atomic mass is 10.4. The van der Waals surface area contributed by atoms with Crippen molar-refractivity contribution >= 4 is 23.4 Å². The van der Waals surface area contributed by atoms with Gasteiger partial charge in [0.05, 0.1) is 6.54 Å². The molecule has 2 aromatic rings. The minimum Gasteiger partial charge on any atom is -0.478 e. The van der Waals surface area contributed by atoms with Crippen LogP contribution in [-0.2, 0) is 11.3 Å². The second-order valence-electron chi connectivity index (χ2n) is 3.18. The highest BCUT2D eigenvalue weighted by Gasteiger charge is 1.99. The van der Waals surface area contributed by atoms with Gasteiger partial charge in [0.25, 0.3) is 0 Å². The van der Waals surface area contributed by atoms with E-state index in [0.717, 1.165) is 22.4 Å². The normalized spacial score (nSPS) is 11.0. The number of aromatic nitrogens is 2. The number of nitrogens with zero attached hydrogens (tertiary/aromatic N) is 2. The minimum absolute atomic E-state index is 0.721. The Morgan fingerprint density at radius 3 is 3.12 bits per heavy atom. The maximum absolute atomic E-state index is 10.3. The van der Waals surface area contributed by atoms with Gasteiger partial charge < -0.3 is 5.11 Å². The first-order chi connectivity index (χ1) is 7.74. The van der Waals surface area contributed by atoms with Crippen molar-refractivity contribution < 1.29 is 9.90 Å². The standard InChI is InChI=1S/C11H10N2O2S/c14-11(15)5-4-9-2-3-10(16-9)8-13-7-1-6-12-13/h1-7H,8H2,(H,14,15). The topological polar surface area (TPSA) is 55.1 Å². The molecule has 5 heteroatoms. The number of hydrogen-bond acceptors (Lipinski definition) is 3. The fraction of sp³-hybridized carbons (Fsp3) is 0.0909. The Hall–Kier alpha value is -1.88. The second-order valence-corrected chi connectivity index (χ2v) is 4.38. The number of carboxylic acids is 1. The molecule has 0 fully saturated rings. The maximum atomic E-state index is 10.3. The lowest BCUT2D eigenvalue weighted by molar-refractivity contribution is -0.131. The van der Waals surface area contributed by atoms with Gasteiger partial charge >= 0.3 is 5.97 Å². The van der Waals surface area contributed by atoms with Crippen molar-refractivity contribution in [2.75, 3.05) is 0 Å². The van der Waals surface area contributed by atoms with Crippen LogP contribution in [-0.4, -0.2) is 20.9 Å². The lowest BCUT2D eigenvalue weighted by Gasteiger charge is -1.96. The molecule has 0 amide bonds. The zero-order valence-corrected chi connectivity index (χ0v) is 9.22. The molecular formula is C11H10N2O2S. The van der Waals surface area contributed by atoms with Crippen LogP contribution in [0.25, 0.3) is 6.08 Å². The number of carboxylic acid groups (broad SMARTS) is 1. The van der Waals surface area contributed by atoms with Gasteiger partial charge in [-0.2, -0.15) is 5.10 Å². The number of aliphatic carboxylic acids is 1. The van der Waals surface area contributed by atoms with E-state index in [4.69, 9.17) is 5.11 Å². The van der Waals surface area contributed by atoms with Crippen molar-refractivity contribution in [3.05, 3.63) is 46.4 Å². The number of rotatable bonds is 4. The van der Waals surface area contributed by atoms with Gasteiger partial charge in [-0.3, -0.25) is 4.68 Å². The van der Waals surface area contributed by atoms with E-state index >= 15 is 0 Å². The van der Waals surface area contributed by atoms with Crippen molar-refractivity contribution in [1.29, 1.82) is 0 Å². The molecule has 0 unspecified atom stereocenters. The summed E-state index contributed by atoms with van der Waals surface area (Å²) in [5, 5.41) is 12.6. The highest BCUT2D eigenvalue weighted by atomic mass is 32.1. The molecule has 0 aliphatic rings. The van der Waals surface area contributed by atoms with E-state index in [1.54, 1.807) is 23.6 Å². The first-order valence-electron chi connectivity index (χ1n) is 4.71. The summed E-state index contributed by atoms with van der Waals surface area (Å²) in [5.74, 6) is -0.929. The monoisotopic (exact) mass is 234 g/mol. The molecule has 0 atom stereocenters. The number of carbonyl (C=O) groups is 1. The molecule has 0 radical (unpaired) electrons. The van der Waals surface area contributed by atoms with Gasteiger partial charge in [0, 0.05) is 28.2 Å². The SMILES string of the molecule is O=C(O)C=Cc1ccc(Cn2cccn2)s1. The first kappa shape index (κ1) is 10.6. The van der Waals surface area contributed by atoms with E-state index in [0.29, 0.717) is 0 Å². The lowest BCUT2D eigenvalue weighted by Crippen LogP contribution is -1.96. The summed E-state index contributed by atoms with van der Waals surface area (Å²) in [6, 6.07) is 5.76. The molecule has 2 heterocycles. The molecule has 0 saturated heterocycles. The van der Waals surface area contributed by atoms with Gasteiger partial charge in [-0.1, -0.05) is 0 Å². The van der Waals surface area contributed by atoms with E-state index in [-0.39, 0.29) is 0 Å². The summed E-state index contributed by atoms with van der Waals surface area (Å²) in [6.07, 6.45) is 6.37. The zero-order valence-electron chi connectivity index (χ0n) is 8.41. The summed E-state index contributed by atoms with van der Waals surface area (Å²) in [6.45, 7) is 0.721. The minimum atomic E-state index is -0.929. The summed E-state index contributed by atoms with van der Waals surface area (Å²) in [4.78, 5) is 12.4. The van der Waals surface area contributed by atoms with Crippen molar-refractivity contribution in [3.63, 3.8) is 0 Å². The smallest absolute Gasteiger partial charge is 0.328 e. The first-order valence-corrected chi connectivity index (χ1v) is 5.53. The van der Waals surface area contributed by atoms with Gasteiger partial charge in [0.15, 0.2) is 0 Å². The van der Waals surface area contributed by atoms with E-state index < -0.39 is 5.97 Å². The molecule has 2 rings (SSSR count). The number of hydrogen-bond donors (Lipinski definition) is 1. The molecule has 0 saturated carbocycles. The Morgan fingerprint density at radius 2 is 2.44 bits per heavy atom. The van der Waals surface area contributed by atoms with Gasteiger partial charge in [-0.25, -0.2) is 4.79 Å². The van der Waals surface area contributed by atoms with Crippen LogP contribution < -0.4 is 0 Å². The van der Waals surface area contributed by atoms with Crippen molar-refractivity contribution in [2.24, 2.45) is 0 Å². The molecule has 0 aliphatic heterocycles. The summed E-state index contributed by atoms with van der Waals surface area (Å²) >= 11 is 1.56. The van der Waals surface area contributed by atoms with E-state index in [1.165, 1.54) is 0 Å². The highest BCUT2D eigenvalue weighted by molar-refractivity contribution is 7.12. The molecule has 2 aromatic heterocycles. The Bertz CT molecular complexity index is 500. The van der Waals surface area contributed by atoms with Crippen LogP contribution >= 0.6 is 11.3 Å². The largest absolute Gasteiger partial charge is 0.478 e. The molecule has 1 N–H and O–H groups in total. The zero-order chi connectivity index (χ0) is 11.4. The summed E-state index contributed by atoms with van der Waals surface area (Å²) in [5.41, 5.74) is 0. The van der Waals surface area contributed by atoms with Crippen LogP contribution in [0.15, 0.2) is 36.7 Å². The van der Waals surface area contributed by atoms with Crippen molar-refractivity contribution in [1.82, 2.24) is 9.78 Å². The Kier molecular flexibility index (Phi) is 3.16. The van der Waals surface area contributed by atoms with Gasteiger partial charge in [-0.05, 0) is 24.3 Å². The van der Waals surface area contributed by atoms with Gasteiger partial charge in [-0.15, -0.1) is 11.3 Å². The van der Waals surface area contributed by atoms with Crippen LogP contribution in [0.2, 0.25) is 0 Å². The molecule has 0 spiro atoms. The Balaban J connectivity index is 2.05. The second kappa shape index (κ2) is 4.76. The molecule has 4 nitrogen and oxygen atoms in total. The van der Waals surface area contributed by atoms with E-state index in [2.05, 4.69) is 5.10 Å². The third-order valence-electron chi connectivity index (χ3n) is 1.95. The fourth-order valence-electron chi connectivity index (χ4n) is 1.28. The van der Waals surface area contributed by atoms with E-state index in [9.17, 15) is 4.79 Å². The average Bonchev–Trinajstić information content (AvgIpc) is 2.87. The molecular weight excluding hydrogens is 224 g/mol. The van der Waals surface area contributed by atoms with Crippen LogP contribution in [0.5, 0.6) is 0 Å². The molecule has 0 aliphatic carbocycles. The van der Waals surface area contributed by atoms with E-state index in [1.807, 2.05) is 29.1 Å². The predicted octanol–water partition coefficient (Wildman–Crippen LogP) is 2.09. The molecule has 0 aromatic carbocycles. The van der Waals surface area contributed by atoms with Gasteiger partial charge in [0.2, 0.25) is 0 Å². The molecule has 0 bridgehead atoms. The van der Waals surface area contributed by atoms with Crippen LogP contribution in [0.1, 0.15) is 9.75 Å². The molecule has 16 heavy (non-hydrogen) atoms. The fourth-order valence-corrected chi connectivity index (χ4v) is 2.18. The third-order valence-corrected chi connectivity index (χ3v) is 2.98. The van der Waals surface area contributed by atoms with Gasteiger partial charge in [0.1, 0.15) is 0 Å². The van der Waals surface area contributed by atoms with Crippen LogP contribution in [0, 0.1) is 0 Å². The maximum Gasteiger partial charge on any atom is 0.328 e. The van der Waals surface area contributed by atoms with Crippen molar-refractivity contribution in [3.8, 4) is 0 Å². The third kappa shape index (κ3) is 2.80. The summed E-state index contributed by atoms with van der Waals surface area (Å²) < 4.78 is 1.83. The number of thiophene rings is 1. The Morgan fingerprint density at radius 1 is 1.56 bits per heavy atom.